The number of aromatic nitrogens is 3. The summed E-state index contributed by atoms with van der Waals surface area (Å²) in [7, 11) is 1.92. The fourth-order valence-corrected chi connectivity index (χ4v) is 2.70. The Labute approximate surface area is 123 Å². The van der Waals surface area contributed by atoms with E-state index in [-0.39, 0.29) is 0 Å². The van der Waals surface area contributed by atoms with E-state index in [2.05, 4.69) is 48.9 Å². The summed E-state index contributed by atoms with van der Waals surface area (Å²) < 4.78 is 9.31. The lowest BCUT2D eigenvalue weighted by Gasteiger charge is -2.07. The summed E-state index contributed by atoms with van der Waals surface area (Å²) in [5.41, 5.74) is 2.06. The third kappa shape index (κ3) is 2.75. The second kappa shape index (κ2) is 5.84. The Morgan fingerprint density at radius 1 is 1.39 bits per heavy atom. The molecule has 0 aromatic carbocycles. The predicted octanol–water partition coefficient (Wildman–Crippen LogP) is 3.48. The molecular formula is C12H13Br2N3O. The van der Waals surface area contributed by atoms with E-state index in [1.165, 1.54) is 0 Å². The molecule has 0 amide bonds. The van der Waals surface area contributed by atoms with Crippen molar-refractivity contribution in [2.75, 3.05) is 0 Å². The molecule has 0 spiro atoms. The molecule has 0 unspecified atom stereocenters. The van der Waals surface area contributed by atoms with Crippen LogP contribution in [0.25, 0.3) is 0 Å². The molecule has 0 N–H and O–H groups in total. The van der Waals surface area contributed by atoms with Gasteiger partial charge in [0.25, 0.3) is 0 Å². The number of halogens is 2. The van der Waals surface area contributed by atoms with E-state index < -0.39 is 0 Å². The van der Waals surface area contributed by atoms with Gasteiger partial charge in [0.2, 0.25) is 0 Å². The zero-order valence-electron chi connectivity index (χ0n) is 10.2. The van der Waals surface area contributed by atoms with Gasteiger partial charge in [0.05, 0.1) is 15.9 Å². The van der Waals surface area contributed by atoms with Gasteiger partial charge in [-0.3, -0.25) is 4.68 Å². The van der Waals surface area contributed by atoms with Gasteiger partial charge in [-0.25, -0.2) is 4.98 Å². The van der Waals surface area contributed by atoms with Gasteiger partial charge in [-0.2, -0.15) is 5.10 Å². The van der Waals surface area contributed by atoms with Crippen molar-refractivity contribution < 1.29 is 4.74 Å². The molecule has 0 atom stereocenters. The van der Waals surface area contributed by atoms with Gasteiger partial charge >= 0.3 is 0 Å². The topological polar surface area (TPSA) is 39.9 Å². The Morgan fingerprint density at radius 3 is 2.78 bits per heavy atom. The Bertz CT molecular complexity index is 554. The van der Waals surface area contributed by atoms with Crippen LogP contribution in [0.5, 0.6) is 5.75 Å². The zero-order valence-corrected chi connectivity index (χ0v) is 13.3. The largest absolute Gasteiger partial charge is 0.484 e. The molecule has 2 heterocycles. The number of ether oxygens (including phenoxy) is 1. The fourth-order valence-electron chi connectivity index (χ4n) is 1.60. The highest BCUT2D eigenvalue weighted by Gasteiger charge is 2.13. The lowest BCUT2D eigenvalue weighted by atomic mass is 10.3. The van der Waals surface area contributed by atoms with E-state index in [1.54, 1.807) is 6.20 Å². The third-order valence-corrected chi connectivity index (χ3v) is 4.10. The van der Waals surface area contributed by atoms with Crippen LogP contribution >= 0.6 is 31.9 Å². The number of aryl methyl sites for hydroxylation is 2. The Morgan fingerprint density at radius 2 is 2.17 bits per heavy atom. The van der Waals surface area contributed by atoms with Gasteiger partial charge in [-0.05, 0) is 50.4 Å². The van der Waals surface area contributed by atoms with Crippen molar-refractivity contribution >= 4 is 31.9 Å². The highest BCUT2D eigenvalue weighted by molar-refractivity contribution is 9.10. The van der Waals surface area contributed by atoms with Crippen LogP contribution in [0.2, 0.25) is 0 Å². The molecule has 0 aliphatic heterocycles. The van der Waals surface area contributed by atoms with Crippen molar-refractivity contribution in [2.24, 2.45) is 7.05 Å². The number of hydrogen-bond acceptors (Lipinski definition) is 3. The summed E-state index contributed by atoms with van der Waals surface area (Å²) in [5, 5.41) is 4.43. The van der Waals surface area contributed by atoms with Gasteiger partial charge in [-0.1, -0.05) is 6.92 Å². The number of nitrogens with zero attached hydrogens (tertiary/aromatic N) is 3. The summed E-state index contributed by atoms with van der Waals surface area (Å²) in [4.78, 5) is 4.12. The average Bonchev–Trinajstić information content (AvgIpc) is 2.64. The third-order valence-electron chi connectivity index (χ3n) is 2.59. The van der Waals surface area contributed by atoms with Gasteiger partial charge < -0.3 is 4.74 Å². The lowest BCUT2D eigenvalue weighted by molar-refractivity contribution is 0.291. The van der Waals surface area contributed by atoms with Crippen LogP contribution in [-0.2, 0) is 20.1 Å². The van der Waals surface area contributed by atoms with Crippen LogP contribution in [-0.4, -0.2) is 14.8 Å². The van der Waals surface area contributed by atoms with Crippen LogP contribution < -0.4 is 4.74 Å². The molecule has 6 heteroatoms. The highest BCUT2D eigenvalue weighted by atomic mass is 79.9. The van der Waals surface area contributed by atoms with Crippen molar-refractivity contribution in [2.45, 2.75) is 20.0 Å². The number of rotatable bonds is 4. The van der Waals surface area contributed by atoms with Gasteiger partial charge in [0.1, 0.15) is 11.2 Å². The first-order valence-corrected chi connectivity index (χ1v) is 7.15. The van der Waals surface area contributed by atoms with E-state index in [0.29, 0.717) is 11.2 Å². The molecule has 0 saturated heterocycles. The first kappa shape index (κ1) is 13.5. The van der Waals surface area contributed by atoms with Crippen LogP contribution in [0.4, 0.5) is 0 Å². The fraction of sp³-hybridized carbons (Fsp3) is 0.333. The Kier molecular flexibility index (Phi) is 4.40. The van der Waals surface area contributed by atoms with E-state index in [0.717, 1.165) is 28.0 Å². The molecule has 18 heavy (non-hydrogen) atoms. The number of hydrogen-bond donors (Lipinski definition) is 0. The summed E-state index contributed by atoms with van der Waals surface area (Å²) in [6.45, 7) is 2.53. The molecule has 0 fully saturated rings. The maximum Gasteiger partial charge on any atom is 0.152 e. The first-order chi connectivity index (χ1) is 8.63. The maximum absolute atomic E-state index is 5.74. The smallest absolute Gasteiger partial charge is 0.152 e. The molecule has 0 bridgehead atoms. The molecule has 0 radical (unpaired) electrons. The Hall–Kier alpha value is -0.880. The molecule has 96 valence electrons. The Balaban J connectivity index is 2.16. The van der Waals surface area contributed by atoms with Crippen LogP contribution in [0.3, 0.4) is 0 Å². The lowest BCUT2D eigenvalue weighted by Crippen LogP contribution is -2.04. The van der Waals surface area contributed by atoms with E-state index in [1.807, 2.05) is 23.9 Å². The molecule has 0 saturated carbocycles. The van der Waals surface area contributed by atoms with Crippen molar-refractivity contribution in [1.82, 2.24) is 14.8 Å². The first-order valence-electron chi connectivity index (χ1n) is 5.57. The molecule has 0 aliphatic rings. The minimum Gasteiger partial charge on any atom is -0.484 e. The van der Waals surface area contributed by atoms with Gasteiger partial charge in [-0.15, -0.1) is 0 Å². The summed E-state index contributed by atoms with van der Waals surface area (Å²) in [5.74, 6) is 0.726. The maximum atomic E-state index is 5.74. The van der Waals surface area contributed by atoms with Crippen LogP contribution in [0, 0.1) is 0 Å². The monoisotopic (exact) mass is 373 g/mol. The summed E-state index contributed by atoms with van der Waals surface area (Å²) in [6, 6.07) is 3.72. The molecule has 2 rings (SSSR count). The molecule has 4 nitrogen and oxygen atoms in total. The van der Waals surface area contributed by atoms with Crippen molar-refractivity contribution in [3.8, 4) is 5.75 Å². The second-order valence-electron chi connectivity index (χ2n) is 3.77. The summed E-state index contributed by atoms with van der Waals surface area (Å²) in [6.07, 6.45) is 2.61. The minimum atomic E-state index is 0.453. The molecule has 2 aromatic rings. The van der Waals surface area contributed by atoms with Gasteiger partial charge in [0, 0.05) is 13.2 Å². The van der Waals surface area contributed by atoms with Crippen molar-refractivity contribution in [1.29, 1.82) is 0 Å². The van der Waals surface area contributed by atoms with Crippen LogP contribution in [0.15, 0.2) is 27.4 Å². The molecular weight excluding hydrogens is 362 g/mol. The van der Waals surface area contributed by atoms with Crippen molar-refractivity contribution in [3.63, 3.8) is 0 Å². The normalized spacial score (nSPS) is 10.7. The SMILES string of the molecule is CCc1nn(C)c(COc2cccnc2Br)c1Br. The quantitative estimate of drug-likeness (QED) is 0.769. The van der Waals surface area contributed by atoms with E-state index in [4.69, 9.17) is 4.74 Å². The molecule has 2 aromatic heterocycles. The molecule has 0 aliphatic carbocycles. The van der Waals surface area contributed by atoms with Gasteiger partial charge in [0.15, 0.2) is 5.75 Å². The second-order valence-corrected chi connectivity index (χ2v) is 5.31. The zero-order chi connectivity index (χ0) is 13.1. The average molecular weight is 375 g/mol. The highest BCUT2D eigenvalue weighted by Crippen LogP contribution is 2.25. The van der Waals surface area contributed by atoms with E-state index in [9.17, 15) is 0 Å². The number of pyridine rings is 1. The summed E-state index contributed by atoms with van der Waals surface area (Å²) >= 11 is 6.92. The van der Waals surface area contributed by atoms with Crippen molar-refractivity contribution in [3.05, 3.63) is 38.8 Å². The van der Waals surface area contributed by atoms with E-state index >= 15 is 0 Å². The minimum absolute atomic E-state index is 0.453. The standard InChI is InChI=1S/C12H13Br2N3O/c1-3-8-11(13)9(17(2)16-8)7-18-10-5-4-6-15-12(10)14/h4-6H,3,7H2,1-2H3. The predicted molar refractivity (Wildman–Crippen MR) is 76.6 cm³/mol. The van der Waals surface area contributed by atoms with Crippen LogP contribution in [0.1, 0.15) is 18.3 Å².